The Labute approximate surface area is 200 Å². The van der Waals surface area contributed by atoms with Crippen LogP contribution in [0.5, 0.6) is 0 Å². The zero-order chi connectivity index (χ0) is 22.5. The number of rotatable bonds is 7. The lowest BCUT2D eigenvalue weighted by molar-refractivity contribution is -0.122. The molecule has 0 aliphatic heterocycles. The maximum atomic E-state index is 13.0. The molecule has 1 heterocycles. The molecule has 1 aromatic heterocycles. The maximum Gasteiger partial charge on any atom is 0.346 e. The van der Waals surface area contributed by atoms with E-state index in [9.17, 15) is 9.59 Å². The van der Waals surface area contributed by atoms with E-state index in [2.05, 4.69) is 10.4 Å². The summed E-state index contributed by atoms with van der Waals surface area (Å²) in [6, 6.07) is 12.7. The summed E-state index contributed by atoms with van der Waals surface area (Å²) in [6.45, 7) is -0.142. The van der Waals surface area contributed by atoms with Crippen molar-refractivity contribution < 1.29 is 4.79 Å². The topological polar surface area (TPSA) is 68.9 Å². The molecule has 9 heteroatoms. The lowest BCUT2D eigenvalue weighted by Gasteiger charge is -2.19. The lowest BCUT2D eigenvalue weighted by atomic mass is 10.0. The number of nitrogens with one attached hydrogen (secondary N) is 1. The van der Waals surface area contributed by atoms with Crippen LogP contribution >= 0.6 is 34.8 Å². The van der Waals surface area contributed by atoms with Crippen molar-refractivity contribution >= 4 is 40.7 Å². The fourth-order valence-electron chi connectivity index (χ4n) is 3.99. The number of hydrogen-bond donors (Lipinski definition) is 1. The summed E-state index contributed by atoms with van der Waals surface area (Å²) in [5, 5.41) is 9.37. The first kappa shape index (κ1) is 21.6. The average molecular weight is 492 g/mol. The standard InChI is InChI=1S/C23H21Cl3N4O2/c24-15-6-4-14(5-7-15)21-28-29(22(32)30(21)16-8-9-16)13-20(31)27-23(10-11-23)12-17-18(25)2-1-3-19(17)26/h1-7,16H,8-13H2,(H,27,31). The first-order valence-electron chi connectivity index (χ1n) is 10.5. The van der Waals surface area contributed by atoms with Crippen LogP contribution in [0.2, 0.25) is 15.1 Å². The third kappa shape index (κ3) is 4.32. The molecular weight excluding hydrogens is 471 g/mol. The van der Waals surface area contributed by atoms with E-state index in [0.29, 0.717) is 27.3 Å². The molecule has 2 saturated carbocycles. The quantitative estimate of drug-likeness (QED) is 0.511. The molecule has 2 fully saturated rings. The lowest BCUT2D eigenvalue weighted by Crippen LogP contribution is -2.42. The molecule has 5 rings (SSSR count). The van der Waals surface area contributed by atoms with Crippen LogP contribution in [-0.4, -0.2) is 25.8 Å². The van der Waals surface area contributed by atoms with Gasteiger partial charge < -0.3 is 5.32 Å². The van der Waals surface area contributed by atoms with Crippen molar-refractivity contribution in [2.75, 3.05) is 0 Å². The molecule has 0 unspecified atom stereocenters. The highest BCUT2D eigenvalue weighted by Crippen LogP contribution is 2.41. The minimum atomic E-state index is -0.382. The van der Waals surface area contributed by atoms with Crippen LogP contribution < -0.4 is 11.0 Å². The van der Waals surface area contributed by atoms with Crippen molar-refractivity contribution in [1.29, 1.82) is 0 Å². The number of carbonyl (C=O) groups excluding carboxylic acids is 1. The van der Waals surface area contributed by atoms with Crippen molar-refractivity contribution in [2.45, 2.75) is 50.2 Å². The van der Waals surface area contributed by atoms with Gasteiger partial charge in [-0.25, -0.2) is 9.48 Å². The van der Waals surface area contributed by atoms with Crippen LogP contribution in [0.15, 0.2) is 47.3 Å². The molecule has 1 amide bonds. The summed E-state index contributed by atoms with van der Waals surface area (Å²) in [7, 11) is 0. The van der Waals surface area contributed by atoms with Gasteiger partial charge in [0.05, 0.1) is 0 Å². The number of aromatic nitrogens is 3. The number of nitrogens with zero attached hydrogens (tertiary/aromatic N) is 3. The van der Waals surface area contributed by atoms with Gasteiger partial charge in [0, 0.05) is 32.2 Å². The van der Waals surface area contributed by atoms with Gasteiger partial charge in [-0.3, -0.25) is 9.36 Å². The Morgan fingerprint density at radius 1 is 1.06 bits per heavy atom. The van der Waals surface area contributed by atoms with E-state index in [1.807, 2.05) is 12.1 Å². The number of halogens is 3. The highest BCUT2D eigenvalue weighted by Gasteiger charge is 2.44. The average Bonchev–Trinajstić information content (AvgIpc) is 3.68. The predicted octanol–water partition coefficient (Wildman–Crippen LogP) is 4.90. The third-order valence-electron chi connectivity index (χ3n) is 6.01. The van der Waals surface area contributed by atoms with E-state index in [4.69, 9.17) is 34.8 Å². The molecule has 2 aliphatic rings. The van der Waals surface area contributed by atoms with Gasteiger partial charge in [0.25, 0.3) is 0 Å². The molecule has 0 radical (unpaired) electrons. The summed E-state index contributed by atoms with van der Waals surface area (Å²) in [5.74, 6) is 0.307. The van der Waals surface area contributed by atoms with Gasteiger partial charge in [0.1, 0.15) is 6.54 Å². The highest BCUT2D eigenvalue weighted by atomic mass is 35.5. The summed E-state index contributed by atoms with van der Waals surface area (Å²) >= 11 is 18.6. The van der Waals surface area contributed by atoms with Crippen molar-refractivity contribution in [3.05, 3.63) is 73.6 Å². The molecular formula is C23H21Cl3N4O2. The summed E-state index contributed by atoms with van der Waals surface area (Å²) in [4.78, 5) is 25.9. The van der Waals surface area contributed by atoms with Crippen LogP contribution in [0.25, 0.3) is 11.4 Å². The molecule has 0 bridgehead atoms. The normalized spacial score (nSPS) is 16.7. The second kappa shape index (κ2) is 8.25. The Hall–Kier alpha value is -2.28. The van der Waals surface area contributed by atoms with Crippen molar-refractivity contribution in [1.82, 2.24) is 19.7 Å². The van der Waals surface area contributed by atoms with Crippen LogP contribution in [0, 0.1) is 0 Å². The van der Waals surface area contributed by atoms with Gasteiger partial charge in [-0.2, -0.15) is 0 Å². The second-order valence-corrected chi connectivity index (χ2v) is 9.83. The fraction of sp³-hybridized carbons (Fsp3) is 0.348. The molecule has 1 N–H and O–H groups in total. The van der Waals surface area contributed by atoms with Crippen LogP contribution in [0.1, 0.15) is 37.3 Å². The van der Waals surface area contributed by atoms with Gasteiger partial charge >= 0.3 is 5.69 Å². The number of hydrogen-bond acceptors (Lipinski definition) is 3. The SMILES string of the molecule is O=C(Cn1nc(-c2ccc(Cl)cc2)n(C2CC2)c1=O)NC1(Cc2c(Cl)cccc2Cl)CC1. The molecule has 0 saturated heterocycles. The zero-order valence-electron chi connectivity index (χ0n) is 17.2. The Morgan fingerprint density at radius 3 is 2.31 bits per heavy atom. The number of carbonyl (C=O) groups is 1. The second-order valence-electron chi connectivity index (χ2n) is 8.58. The van der Waals surface area contributed by atoms with E-state index in [1.165, 1.54) is 4.68 Å². The smallest absolute Gasteiger partial charge is 0.346 e. The van der Waals surface area contributed by atoms with E-state index < -0.39 is 0 Å². The van der Waals surface area contributed by atoms with Crippen LogP contribution in [0.3, 0.4) is 0 Å². The van der Waals surface area contributed by atoms with Gasteiger partial charge in [0.15, 0.2) is 5.82 Å². The molecule has 3 aromatic rings. The fourth-order valence-corrected chi connectivity index (χ4v) is 4.65. The first-order chi connectivity index (χ1) is 15.3. The third-order valence-corrected chi connectivity index (χ3v) is 6.97. The largest absolute Gasteiger partial charge is 0.349 e. The Balaban J connectivity index is 1.35. The molecule has 0 atom stereocenters. The Kier molecular flexibility index (Phi) is 5.56. The Morgan fingerprint density at radius 2 is 1.72 bits per heavy atom. The molecule has 2 aromatic carbocycles. The summed E-state index contributed by atoms with van der Waals surface area (Å²) in [5.41, 5.74) is 0.970. The predicted molar refractivity (Wildman–Crippen MR) is 125 cm³/mol. The maximum absolute atomic E-state index is 13.0. The van der Waals surface area contributed by atoms with Crippen molar-refractivity contribution in [2.24, 2.45) is 0 Å². The molecule has 2 aliphatic carbocycles. The summed E-state index contributed by atoms with van der Waals surface area (Å²) in [6.07, 6.45) is 4.09. The van der Waals surface area contributed by atoms with Gasteiger partial charge in [0.2, 0.25) is 5.91 Å². The van der Waals surface area contributed by atoms with Crippen LogP contribution in [0.4, 0.5) is 0 Å². The van der Waals surface area contributed by atoms with E-state index in [0.717, 1.165) is 36.8 Å². The van der Waals surface area contributed by atoms with E-state index in [-0.39, 0.29) is 29.7 Å². The summed E-state index contributed by atoms with van der Waals surface area (Å²) < 4.78 is 2.93. The molecule has 166 valence electrons. The molecule has 6 nitrogen and oxygen atoms in total. The van der Waals surface area contributed by atoms with Crippen LogP contribution in [-0.2, 0) is 17.8 Å². The van der Waals surface area contributed by atoms with E-state index >= 15 is 0 Å². The van der Waals surface area contributed by atoms with Gasteiger partial charge in [-0.05, 0) is 74.1 Å². The minimum Gasteiger partial charge on any atom is -0.349 e. The monoisotopic (exact) mass is 490 g/mol. The van der Waals surface area contributed by atoms with Crippen molar-refractivity contribution in [3.8, 4) is 11.4 Å². The minimum absolute atomic E-state index is 0.127. The Bertz CT molecular complexity index is 1220. The highest BCUT2D eigenvalue weighted by molar-refractivity contribution is 6.36. The molecule has 0 spiro atoms. The number of amides is 1. The van der Waals surface area contributed by atoms with Gasteiger partial charge in [-0.1, -0.05) is 40.9 Å². The van der Waals surface area contributed by atoms with Crippen molar-refractivity contribution in [3.63, 3.8) is 0 Å². The van der Waals surface area contributed by atoms with E-state index in [1.54, 1.807) is 34.9 Å². The first-order valence-corrected chi connectivity index (χ1v) is 11.7. The van der Waals surface area contributed by atoms with Gasteiger partial charge in [-0.15, -0.1) is 5.10 Å². The number of benzene rings is 2. The molecule has 32 heavy (non-hydrogen) atoms. The zero-order valence-corrected chi connectivity index (χ0v) is 19.4.